The Labute approximate surface area is 121 Å². The average Bonchev–Trinajstić information content (AvgIpc) is 2.97. The first kappa shape index (κ1) is 13.2. The molecular weight excluding hydrogens is 280 g/mol. The van der Waals surface area contributed by atoms with E-state index in [-0.39, 0.29) is 5.88 Å². The van der Waals surface area contributed by atoms with E-state index in [1.807, 2.05) is 12.1 Å². The lowest BCUT2D eigenvalue weighted by Gasteiger charge is -2.28. The maximum Gasteiger partial charge on any atom is 0.320 e. The summed E-state index contributed by atoms with van der Waals surface area (Å²) in [6.07, 6.45) is 0. The molecule has 1 aromatic carbocycles. The normalized spacial score (nSPS) is 15.3. The minimum absolute atomic E-state index is 0.213. The number of halogens is 1. The van der Waals surface area contributed by atoms with E-state index in [1.54, 1.807) is 0 Å². The second-order valence-electron chi connectivity index (χ2n) is 4.41. The third-order valence-electron chi connectivity index (χ3n) is 3.08. The molecule has 1 aliphatic rings. The molecule has 0 bridgehead atoms. The Morgan fingerprint density at radius 3 is 2.55 bits per heavy atom. The number of anilines is 3. The Kier molecular flexibility index (Phi) is 4.03. The van der Waals surface area contributed by atoms with Gasteiger partial charge in [0.2, 0.25) is 5.89 Å². The average molecular weight is 295 g/mol. The number of aromatic nitrogens is 2. The Morgan fingerprint density at radius 2 is 1.90 bits per heavy atom. The molecule has 0 unspecified atom stereocenters. The van der Waals surface area contributed by atoms with Crippen LogP contribution in [-0.2, 0) is 10.6 Å². The van der Waals surface area contributed by atoms with Crippen LogP contribution in [0.25, 0.3) is 0 Å². The molecule has 1 fully saturated rings. The lowest BCUT2D eigenvalue weighted by Crippen LogP contribution is -2.36. The molecule has 2 heterocycles. The van der Waals surface area contributed by atoms with E-state index in [0.29, 0.717) is 11.9 Å². The van der Waals surface area contributed by atoms with Gasteiger partial charge in [0.05, 0.1) is 13.2 Å². The van der Waals surface area contributed by atoms with Crippen molar-refractivity contribution in [3.63, 3.8) is 0 Å². The molecule has 1 N–H and O–H groups in total. The molecule has 0 amide bonds. The van der Waals surface area contributed by atoms with Gasteiger partial charge in [-0.15, -0.1) is 16.7 Å². The Morgan fingerprint density at radius 1 is 1.15 bits per heavy atom. The molecule has 3 rings (SSSR count). The summed E-state index contributed by atoms with van der Waals surface area (Å²) in [5.41, 5.74) is 2.08. The van der Waals surface area contributed by atoms with Crippen molar-refractivity contribution in [2.45, 2.75) is 5.88 Å². The molecule has 0 radical (unpaired) electrons. The predicted octanol–water partition coefficient (Wildman–Crippen LogP) is 2.39. The fourth-order valence-corrected chi connectivity index (χ4v) is 2.17. The van der Waals surface area contributed by atoms with Crippen LogP contribution in [0.3, 0.4) is 0 Å². The molecule has 1 aromatic heterocycles. The van der Waals surface area contributed by atoms with E-state index in [4.69, 9.17) is 20.8 Å². The molecule has 2 aromatic rings. The third-order valence-corrected chi connectivity index (χ3v) is 3.30. The zero-order valence-corrected chi connectivity index (χ0v) is 11.6. The number of hydrogen-bond acceptors (Lipinski definition) is 6. The molecule has 6 nitrogen and oxygen atoms in total. The smallest absolute Gasteiger partial charge is 0.320 e. The zero-order chi connectivity index (χ0) is 13.8. The Balaban J connectivity index is 1.66. The van der Waals surface area contributed by atoms with Crippen molar-refractivity contribution >= 4 is 29.0 Å². The molecule has 1 aliphatic heterocycles. The van der Waals surface area contributed by atoms with Crippen LogP contribution >= 0.6 is 11.6 Å². The van der Waals surface area contributed by atoms with Crippen LogP contribution in [-0.4, -0.2) is 36.5 Å². The van der Waals surface area contributed by atoms with Crippen molar-refractivity contribution in [3.8, 4) is 0 Å². The first-order chi connectivity index (χ1) is 9.85. The fraction of sp³-hybridized carbons (Fsp3) is 0.385. The van der Waals surface area contributed by atoms with E-state index in [2.05, 4.69) is 32.5 Å². The van der Waals surface area contributed by atoms with Crippen molar-refractivity contribution in [1.29, 1.82) is 0 Å². The summed E-state index contributed by atoms with van der Waals surface area (Å²) >= 11 is 5.61. The Hall–Kier alpha value is -1.79. The molecule has 7 heteroatoms. The number of rotatable bonds is 4. The molecule has 0 spiro atoms. The predicted molar refractivity (Wildman–Crippen MR) is 76.6 cm³/mol. The molecule has 0 aliphatic carbocycles. The highest BCUT2D eigenvalue weighted by Gasteiger charge is 2.11. The minimum Gasteiger partial charge on any atom is -0.407 e. The van der Waals surface area contributed by atoms with Gasteiger partial charge in [0.25, 0.3) is 0 Å². The van der Waals surface area contributed by atoms with Crippen LogP contribution in [0.4, 0.5) is 17.4 Å². The standard InChI is InChI=1S/C13H15ClN4O2/c14-9-12-16-17-13(20-12)15-10-1-3-11(4-2-10)18-5-7-19-8-6-18/h1-4H,5-9H2,(H,15,17). The van der Waals surface area contributed by atoms with E-state index >= 15 is 0 Å². The van der Waals surface area contributed by atoms with Crippen LogP contribution < -0.4 is 10.2 Å². The van der Waals surface area contributed by atoms with Crippen LogP contribution in [0.2, 0.25) is 0 Å². The SMILES string of the molecule is ClCc1nnc(Nc2ccc(N3CCOCC3)cc2)o1. The zero-order valence-electron chi connectivity index (χ0n) is 10.9. The van der Waals surface area contributed by atoms with Gasteiger partial charge in [-0.2, -0.15) is 0 Å². The van der Waals surface area contributed by atoms with Gasteiger partial charge in [0.1, 0.15) is 5.88 Å². The van der Waals surface area contributed by atoms with Crippen molar-refractivity contribution in [2.24, 2.45) is 0 Å². The van der Waals surface area contributed by atoms with Crippen molar-refractivity contribution in [1.82, 2.24) is 10.2 Å². The maximum atomic E-state index is 5.61. The van der Waals surface area contributed by atoms with E-state index < -0.39 is 0 Å². The third kappa shape index (κ3) is 3.02. The van der Waals surface area contributed by atoms with Gasteiger partial charge in [-0.3, -0.25) is 0 Å². The summed E-state index contributed by atoms with van der Waals surface area (Å²) in [5.74, 6) is 0.615. The van der Waals surface area contributed by atoms with Gasteiger partial charge < -0.3 is 19.4 Å². The summed E-state index contributed by atoms with van der Waals surface area (Å²) in [5, 5.41) is 10.7. The quantitative estimate of drug-likeness (QED) is 0.874. The van der Waals surface area contributed by atoms with Gasteiger partial charge in [-0.25, -0.2) is 0 Å². The minimum atomic E-state index is 0.213. The number of benzene rings is 1. The summed E-state index contributed by atoms with van der Waals surface area (Å²) in [6, 6.07) is 8.43. The fourth-order valence-electron chi connectivity index (χ4n) is 2.06. The summed E-state index contributed by atoms with van der Waals surface area (Å²) in [7, 11) is 0. The second-order valence-corrected chi connectivity index (χ2v) is 4.67. The van der Waals surface area contributed by atoms with Crippen LogP contribution in [0.15, 0.2) is 28.7 Å². The maximum absolute atomic E-state index is 5.61. The molecular formula is C13H15ClN4O2. The van der Waals surface area contributed by atoms with Gasteiger partial charge in [-0.1, -0.05) is 5.10 Å². The molecule has 106 valence electrons. The monoisotopic (exact) mass is 294 g/mol. The Bertz CT molecular complexity index is 552. The van der Waals surface area contributed by atoms with Gasteiger partial charge in [0, 0.05) is 24.5 Å². The number of morpholine rings is 1. The van der Waals surface area contributed by atoms with E-state index in [0.717, 1.165) is 32.0 Å². The lowest BCUT2D eigenvalue weighted by molar-refractivity contribution is 0.122. The topological polar surface area (TPSA) is 63.4 Å². The van der Waals surface area contributed by atoms with Gasteiger partial charge in [0.15, 0.2) is 0 Å². The van der Waals surface area contributed by atoms with Crippen molar-refractivity contribution in [2.75, 3.05) is 36.5 Å². The number of nitrogens with zero attached hydrogens (tertiary/aromatic N) is 3. The first-order valence-electron chi connectivity index (χ1n) is 6.43. The largest absolute Gasteiger partial charge is 0.407 e. The number of alkyl halides is 1. The van der Waals surface area contributed by atoms with E-state index in [1.165, 1.54) is 5.69 Å². The molecule has 1 saturated heterocycles. The molecule has 0 atom stereocenters. The van der Waals surface area contributed by atoms with Crippen molar-refractivity contribution in [3.05, 3.63) is 30.2 Å². The highest BCUT2D eigenvalue weighted by molar-refractivity contribution is 6.16. The summed E-state index contributed by atoms with van der Waals surface area (Å²) in [4.78, 5) is 2.30. The summed E-state index contributed by atoms with van der Waals surface area (Å²) in [6.45, 7) is 3.41. The first-order valence-corrected chi connectivity index (χ1v) is 6.97. The number of ether oxygens (including phenoxy) is 1. The van der Waals surface area contributed by atoms with Crippen LogP contribution in [0.1, 0.15) is 5.89 Å². The number of nitrogens with one attached hydrogen (secondary N) is 1. The van der Waals surface area contributed by atoms with Crippen molar-refractivity contribution < 1.29 is 9.15 Å². The molecule has 0 saturated carbocycles. The summed E-state index contributed by atoms with van der Waals surface area (Å²) < 4.78 is 10.6. The highest BCUT2D eigenvalue weighted by Crippen LogP contribution is 2.21. The van der Waals surface area contributed by atoms with Gasteiger partial charge >= 0.3 is 6.01 Å². The second kappa shape index (κ2) is 6.11. The lowest BCUT2D eigenvalue weighted by atomic mass is 10.2. The van der Waals surface area contributed by atoms with E-state index in [9.17, 15) is 0 Å². The number of hydrogen-bond donors (Lipinski definition) is 1. The van der Waals surface area contributed by atoms with Crippen LogP contribution in [0, 0.1) is 0 Å². The molecule has 20 heavy (non-hydrogen) atoms. The highest BCUT2D eigenvalue weighted by atomic mass is 35.5. The van der Waals surface area contributed by atoms with Gasteiger partial charge in [-0.05, 0) is 24.3 Å². The van der Waals surface area contributed by atoms with Crippen LogP contribution in [0.5, 0.6) is 0 Å².